The first-order chi connectivity index (χ1) is 32.9. The Morgan fingerprint density at radius 1 is 0.529 bits per heavy atom. The molecule has 0 heterocycles. The van der Waals surface area contributed by atoms with Gasteiger partial charge in [-0.25, -0.2) is 0 Å². The van der Waals surface area contributed by atoms with Crippen molar-refractivity contribution >= 4 is 19.7 Å². The molecule has 0 radical (unpaired) electrons. The molecule has 0 saturated heterocycles. The third kappa shape index (κ3) is 48.2. The maximum Gasteiger partial charge on any atom is 0.306 e. The van der Waals surface area contributed by atoms with E-state index in [-0.39, 0.29) is 24.9 Å². The van der Waals surface area contributed by atoms with Gasteiger partial charge in [-0.3, -0.25) is 14.2 Å². The van der Waals surface area contributed by atoms with Crippen LogP contribution in [0.2, 0.25) is 0 Å². The zero-order chi connectivity index (χ0) is 50.1. The molecule has 0 aliphatic carbocycles. The highest BCUT2D eigenvalue weighted by molar-refractivity contribution is 7.45. The molecule has 3 atom stereocenters. The summed E-state index contributed by atoms with van der Waals surface area (Å²) in [5.41, 5.74) is 0. The molecule has 68 heavy (non-hydrogen) atoms. The second-order valence-corrected chi connectivity index (χ2v) is 20.8. The van der Waals surface area contributed by atoms with Gasteiger partial charge in [0.05, 0.1) is 33.8 Å². The van der Waals surface area contributed by atoms with Crippen molar-refractivity contribution in [2.75, 3.05) is 40.9 Å². The van der Waals surface area contributed by atoms with Gasteiger partial charge in [-0.15, -0.1) is 0 Å². The fourth-order valence-corrected chi connectivity index (χ4v) is 8.01. The van der Waals surface area contributed by atoms with Gasteiger partial charge in [-0.05, 0) is 96.0 Å². The van der Waals surface area contributed by atoms with E-state index in [0.717, 1.165) is 116 Å². The topological polar surface area (TPSA) is 114 Å². The zero-order valence-electron chi connectivity index (χ0n) is 44.5. The van der Waals surface area contributed by atoms with E-state index >= 15 is 0 Å². The van der Waals surface area contributed by atoms with E-state index in [9.17, 15) is 19.0 Å². The fourth-order valence-electron chi connectivity index (χ4n) is 7.29. The maximum atomic E-state index is 13.4. The maximum absolute atomic E-state index is 13.4. The number of hydrogen-bond donors (Lipinski definition) is 1. The van der Waals surface area contributed by atoms with Crippen LogP contribution in [0.25, 0.3) is 0 Å². The molecule has 0 rings (SSSR count). The SMILES string of the molecule is CC/C=C\C/C=C\C/C=C\C/C=C\C/C=C\CCCCCC(=O)OC(/C=C\CCCCCCCCCCCC)C(COP(=O)([O-])OCC[N+](C)(C)C)NC(=O)CCCCCCC/C=C\CCCC. The van der Waals surface area contributed by atoms with Crippen LogP contribution in [0.5, 0.6) is 0 Å². The van der Waals surface area contributed by atoms with Crippen molar-refractivity contribution in [3.05, 3.63) is 85.1 Å². The Balaban J connectivity index is 5.43. The van der Waals surface area contributed by atoms with E-state index in [4.69, 9.17) is 13.8 Å². The van der Waals surface area contributed by atoms with E-state index in [1.54, 1.807) is 0 Å². The molecule has 392 valence electrons. The molecule has 0 aliphatic rings. The summed E-state index contributed by atoms with van der Waals surface area (Å²) in [7, 11) is 1.15. The molecule has 9 nitrogen and oxygen atoms in total. The molecule has 0 aromatic rings. The van der Waals surface area contributed by atoms with Crippen LogP contribution >= 0.6 is 7.82 Å². The number of phosphoric acid groups is 1. The molecule has 1 N–H and O–H groups in total. The smallest absolute Gasteiger partial charge is 0.306 e. The van der Waals surface area contributed by atoms with Crippen LogP contribution in [-0.2, 0) is 27.9 Å². The van der Waals surface area contributed by atoms with Crippen LogP contribution in [0.3, 0.4) is 0 Å². The average Bonchev–Trinajstić information content (AvgIpc) is 3.29. The van der Waals surface area contributed by atoms with Crippen LogP contribution < -0.4 is 10.2 Å². The summed E-state index contributed by atoms with van der Waals surface area (Å²) < 4.78 is 30.1. The highest BCUT2D eigenvalue weighted by atomic mass is 31.2. The Morgan fingerprint density at radius 3 is 1.49 bits per heavy atom. The number of nitrogens with zero attached hydrogens (tertiary/aromatic N) is 1. The summed E-state index contributed by atoms with van der Waals surface area (Å²) >= 11 is 0. The van der Waals surface area contributed by atoms with Crippen LogP contribution in [0.15, 0.2) is 85.1 Å². The van der Waals surface area contributed by atoms with Crippen molar-refractivity contribution in [2.45, 2.75) is 232 Å². The number of likely N-dealkylation sites (N-methyl/N-ethyl adjacent to an activating group) is 1. The van der Waals surface area contributed by atoms with E-state index in [1.807, 2.05) is 33.3 Å². The standard InChI is InChI=1S/C58H103N2O7P/c1-7-10-13-16-19-22-25-27-28-29-30-31-32-33-36-39-42-45-48-51-58(62)67-56(49-46-43-40-37-35-26-23-20-17-14-11-8-2)55(54-66-68(63,64)65-53-52-60(4,5)6)59-57(61)50-47-44-41-38-34-24-21-18-15-12-9-3/h10,13,18-19,21-22,27-28,30-31,33,36,46,49,55-56H,7-9,11-12,14-17,20,23-26,29,32,34-35,37-45,47-48,50-54H2,1-6H3,(H-,59,61,63,64)/b13-10-,21-18-,22-19-,28-27-,31-30-,36-33-,49-46-. The summed E-state index contributed by atoms with van der Waals surface area (Å²) in [4.78, 5) is 39.7. The monoisotopic (exact) mass is 971 g/mol. The number of quaternary nitrogens is 1. The van der Waals surface area contributed by atoms with Crippen LogP contribution in [-0.4, -0.2) is 69.4 Å². The number of unbranched alkanes of at least 4 members (excludes halogenated alkanes) is 20. The minimum atomic E-state index is -4.70. The van der Waals surface area contributed by atoms with Crippen LogP contribution in [0.4, 0.5) is 0 Å². The largest absolute Gasteiger partial charge is 0.756 e. The molecule has 0 aromatic carbocycles. The average molecular weight is 971 g/mol. The number of esters is 1. The van der Waals surface area contributed by atoms with E-state index in [1.165, 1.54) is 64.2 Å². The number of ether oxygens (including phenoxy) is 1. The van der Waals surface area contributed by atoms with Gasteiger partial charge in [0.25, 0.3) is 7.82 Å². The van der Waals surface area contributed by atoms with Gasteiger partial charge in [-0.1, -0.05) is 196 Å². The van der Waals surface area contributed by atoms with Gasteiger partial charge in [0.2, 0.25) is 5.91 Å². The zero-order valence-corrected chi connectivity index (χ0v) is 45.4. The lowest BCUT2D eigenvalue weighted by atomic mass is 10.0. The van der Waals surface area contributed by atoms with E-state index in [0.29, 0.717) is 23.9 Å². The van der Waals surface area contributed by atoms with Gasteiger partial charge in [-0.2, -0.15) is 0 Å². The predicted molar refractivity (Wildman–Crippen MR) is 288 cm³/mol. The highest BCUT2D eigenvalue weighted by Crippen LogP contribution is 2.38. The normalized spacial score (nSPS) is 14.5. The molecule has 0 spiro atoms. The van der Waals surface area contributed by atoms with E-state index in [2.05, 4.69) is 99.0 Å². The quantitative estimate of drug-likeness (QED) is 0.0212. The number of allylic oxidation sites excluding steroid dienone is 13. The number of hydrogen-bond acceptors (Lipinski definition) is 7. The Bertz CT molecular complexity index is 1440. The van der Waals surface area contributed by atoms with Crippen molar-refractivity contribution < 1.29 is 37.3 Å². The Hall–Kier alpha value is -2.81. The Morgan fingerprint density at radius 2 is 0.956 bits per heavy atom. The van der Waals surface area contributed by atoms with Crippen LogP contribution in [0, 0.1) is 0 Å². The van der Waals surface area contributed by atoms with Gasteiger partial charge >= 0.3 is 5.97 Å². The lowest BCUT2D eigenvalue weighted by Gasteiger charge is -2.30. The molecular weight excluding hydrogens is 868 g/mol. The van der Waals surface area contributed by atoms with Gasteiger partial charge in [0.15, 0.2) is 0 Å². The first-order valence-electron chi connectivity index (χ1n) is 27.4. The second-order valence-electron chi connectivity index (χ2n) is 19.3. The van der Waals surface area contributed by atoms with Gasteiger partial charge < -0.3 is 28.5 Å². The molecule has 10 heteroatoms. The van der Waals surface area contributed by atoms with Crippen molar-refractivity contribution in [1.29, 1.82) is 0 Å². The van der Waals surface area contributed by atoms with Crippen LogP contribution in [0.1, 0.15) is 220 Å². The molecule has 1 amide bonds. The molecule has 0 bridgehead atoms. The summed E-state index contributed by atoms with van der Waals surface area (Å²) in [5.74, 6) is -0.597. The van der Waals surface area contributed by atoms with Gasteiger partial charge in [0.1, 0.15) is 19.3 Å². The molecule has 3 unspecified atom stereocenters. The number of nitrogens with one attached hydrogen (secondary N) is 1. The third-order valence-electron chi connectivity index (χ3n) is 11.6. The molecule has 0 aromatic heterocycles. The van der Waals surface area contributed by atoms with E-state index < -0.39 is 26.6 Å². The summed E-state index contributed by atoms with van der Waals surface area (Å²) in [6.07, 6.45) is 61.2. The number of carbonyl (C=O) groups is 2. The summed E-state index contributed by atoms with van der Waals surface area (Å²) in [6, 6.07) is -0.908. The Kier molecular flexibility index (Phi) is 45.9. The lowest BCUT2D eigenvalue weighted by Crippen LogP contribution is -2.47. The lowest BCUT2D eigenvalue weighted by molar-refractivity contribution is -0.870. The summed E-state index contributed by atoms with van der Waals surface area (Å²) in [5, 5.41) is 2.99. The molecule has 0 aliphatic heterocycles. The third-order valence-corrected chi connectivity index (χ3v) is 12.5. The first kappa shape index (κ1) is 65.2. The Labute approximate surface area is 418 Å². The first-order valence-corrected chi connectivity index (χ1v) is 28.9. The van der Waals surface area contributed by atoms with Crippen molar-refractivity contribution in [1.82, 2.24) is 5.32 Å². The number of carbonyl (C=O) groups excluding carboxylic acids is 2. The highest BCUT2D eigenvalue weighted by Gasteiger charge is 2.27. The molecular formula is C58H103N2O7P. The minimum absolute atomic E-state index is 0.0330. The van der Waals surface area contributed by atoms with Crippen molar-refractivity contribution in [3.8, 4) is 0 Å². The fraction of sp³-hybridized carbons (Fsp3) is 0.724. The van der Waals surface area contributed by atoms with Gasteiger partial charge in [0, 0.05) is 12.8 Å². The molecule has 0 saturated carbocycles. The number of phosphoric ester groups is 1. The predicted octanol–water partition coefficient (Wildman–Crippen LogP) is 15.6. The minimum Gasteiger partial charge on any atom is -0.756 e. The number of rotatable bonds is 48. The van der Waals surface area contributed by atoms with Crippen molar-refractivity contribution in [2.24, 2.45) is 0 Å². The van der Waals surface area contributed by atoms with Crippen molar-refractivity contribution in [3.63, 3.8) is 0 Å². The number of amides is 1. The summed E-state index contributed by atoms with van der Waals surface area (Å²) in [6.45, 7) is 6.63. The molecule has 0 fully saturated rings. The second kappa shape index (κ2) is 47.8.